The average molecular weight is 318 g/mol. The molecular weight excluding hydrogens is 296 g/mol. The van der Waals surface area contributed by atoms with E-state index in [2.05, 4.69) is 6.58 Å². The van der Waals surface area contributed by atoms with Gasteiger partial charge in [-0.25, -0.2) is 4.79 Å². The van der Waals surface area contributed by atoms with Crippen LogP contribution < -0.4 is 0 Å². The maximum atomic E-state index is 11.8. The summed E-state index contributed by atoms with van der Waals surface area (Å²) in [6.45, 7) is 5.15. The van der Waals surface area contributed by atoms with Crippen molar-refractivity contribution in [3.05, 3.63) is 42.0 Å². The Balaban J connectivity index is 2.27. The Labute approximate surface area is 136 Å². The van der Waals surface area contributed by atoms with E-state index in [-0.39, 0.29) is 43.9 Å². The molecule has 0 radical (unpaired) electrons. The van der Waals surface area contributed by atoms with Gasteiger partial charge in [-0.2, -0.15) is 0 Å². The quantitative estimate of drug-likeness (QED) is 0.671. The Morgan fingerprint density at radius 3 is 2.30 bits per heavy atom. The number of hydrogen-bond donors (Lipinski definition) is 1. The number of aliphatic hydroxyl groups is 1. The topological polar surface area (TPSA) is 80.7 Å². The summed E-state index contributed by atoms with van der Waals surface area (Å²) in [5, 5.41) is 9.06. The Hall–Kier alpha value is -2.27. The first-order valence-electron chi connectivity index (χ1n) is 7.53. The van der Waals surface area contributed by atoms with Crippen LogP contribution in [-0.2, 0) is 14.3 Å². The highest BCUT2D eigenvalue weighted by Gasteiger charge is 2.11. The van der Waals surface area contributed by atoms with E-state index in [1.807, 2.05) is 0 Å². The molecule has 0 bridgehead atoms. The standard InChI is InChI=1S/C18H22O5/c1-3-14-4-6-15(7-5-14)18(22)23-11-10-16(20)8-9-17(21)12-13(2)19/h3-7,13,19H,1,8-12H2,2H3. The van der Waals surface area contributed by atoms with Gasteiger partial charge in [0.05, 0.1) is 18.3 Å². The molecule has 124 valence electrons. The molecule has 0 aliphatic rings. The van der Waals surface area contributed by atoms with Crippen molar-refractivity contribution in [3.8, 4) is 0 Å². The zero-order chi connectivity index (χ0) is 17.2. The van der Waals surface area contributed by atoms with Crippen LogP contribution >= 0.6 is 0 Å². The van der Waals surface area contributed by atoms with Crippen LogP contribution in [0.3, 0.4) is 0 Å². The minimum atomic E-state index is -0.689. The van der Waals surface area contributed by atoms with Crippen LogP contribution in [0.2, 0.25) is 0 Å². The fourth-order valence-corrected chi connectivity index (χ4v) is 1.93. The first-order chi connectivity index (χ1) is 10.9. The SMILES string of the molecule is C=Cc1ccc(C(=O)OCCC(=O)CCC(=O)CC(C)O)cc1. The van der Waals surface area contributed by atoms with Gasteiger partial charge in [-0.3, -0.25) is 9.59 Å². The van der Waals surface area contributed by atoms with Gasteiger partial charge in [-0.05, 0) is 24.6 Å². The number of ether oxygens (including phenoxy) is 1. The Morgan fingerprint density at radius 2 is 1.74 bits per heavy atom. The highest BCUT2D eigenvalue weighted by atomic mass is 16.5. The van der Waals surface area contributed by atoms with Gasteiger partial charge in [-0.1, -0.05) is 24.8 Å². The van der Waals surface area contributed by atoms with E-state index in [1.165, 1.54) is 6.92 Å². The van der Waals surface area contributed by atoms with Gasteiger partial charge >= 0.3 is 5.97 Å². The van der Waals surface area contributed by atoms with E-state index < -0.39 is 12.1 Å². The zero-order valence-electron chi connectivity index (χ0n) is 13.3. The van der Waals surface area contributed by atoms with Crippen LogP contribution in [0.15, 0.2) is 30.8 Å². The number of rotatable bonds is 10. The fraction of sp³-hybridized carbons (Fsp3) is 0.389. The number of hydrogen-bond acceptors (Lipinski definition) is 5. The minimum Gasteiger partial charge on any atom is -0.462 e. The van der Waals surface area contributed by atoms with Gasteiger partial charge in [0.25, 0.3) is 0 Å². The van der Waals surface area contributed by atoms with Gasteiger partial charge in [0, 0.05) is 25.7 Å². The molecule has 0 aliphatic heterocycles. The van der Waals surface area contributed by atoms with Crippen molar-refractivity contribution in [2.75, 3.05) is 6.61 Å². The molecule has 0 saturated carbocycles. The van der Waals surface area contributed by atoms with E-state index in [1.54, 1.807) is 30.3 Å². The summed E-state index contributed by atoms with van der Waals surface area (Å²) in [6.07, 6.45) is 1.34. The third-order valence-electron chi connectivity index (χ3n) is 3.20. The lowest BCUT2D eigenvalue weighted by molar-refractivity contribution is -0.125. The zero-order valence-corrected chi connectivity index (χ0v) is 13.3. The van der Waals surface area contributed by atoms with E-state index in [4.69, 9.17) is 9.84 Å². The van der Waals surface area contributed by atoms with Gasteiger partial charge < -0.3 is 9.84 Å². The number of ketones is 2. The van der Waals surface area contributed by atoms with Crippen LogP contribution in [0.1, 0.15) is 48.5 Å². The maximum Gasteiger partial charge on any atom is 0.338 e. The molecule has 1 unspecified atom stereocenters. The van der Waals surface area contributed by atoms with E-state index in [0.29, 0.717) is 5.56 Å². The third-order valence-corrected chi connectivity index (χ3v) is 3.20. The van der Waals surface area contributed by atoms with Gasteiger partial charge in [0.1, 0.15) is 11.6 Å². The van der Waals surface area contributed by atoms with Crippen molar-refractivity contribution >= 4 is 23.6 Å². The number of carbonyl (C=O) groups is 3. The van der Waals surface area contributed by atoms with E-state index in [0.717, 1.165) is 5.56 Å². The number of Topliss-reactive ketones (excluding diaryl/α,β-unsaturated/α-hetero) is 2. The normalized spacial score (nSPS) is 11.6. The molecule has 1 aromatic carbocycles. The van der Waals surface area contributed by atoms with Crippen LogP contribution in [-0.4, -0.2) is 35.4 Å². The molecular formula is C18H22O5. The van der Waals surface area contributed by atoms with Crippen LogP contribution in [0.25, 0.3) is 6.08 Å². The largest absolute Gasteiger partial charge is 0.462 e. The fourth-order valence-electron chi connectivity index (χ4n) is 1.93. The second-order valence-electron chi connectivity index (χ2n) is 5.34. The lowest BCUT2D eigenvalue weighted by Crippen LogP contribution is -2.13. The molecule has 1 rings (SSSR count). The summed E-state index contributed by atoms with van der Waals surface area (Å²) in [4.78, 5) is 34.8. The predicted molar refractivity (Wildman–Crippen MR) is 87.0 cm³/mol. The van der Waals surface area contributed by atoms with Crippen molar-refractivity contribution in [2.24, 2.45) is 0 Å². The monoisotopic (exact) mass is 318 g/mol. The highest BCUT2D eigenvalue weighted by Crippen LogP contribution is 2.08. The lowest BCUT2D eigenvalue weighted by Gasteiger charge is -2.05. The van der Waals surface area contributed by atoms with Gasteiger partial charge in [0.15, 0.2) is 0 Å². The molecule has 0 amide bonds. The van der Waals surface area contributed by atoms with Gasteiger partial charge in [0.2, 0.25) is 0 Å². The molecule has 23 heavy (non-hydrogen) atoms. The lowest BCUT2D eigenvalue weighted by atomic mass is 10.1. The van der Waals surface area contributed by atoms with Gasteiger partial charge in [-0.15, -0.1) is 0 Å². The first-order valence-corrected chi connectivity index (χ1v) is 7.53. The molecule has 0 heterocycles. The molecule has 0 aliphatic carbocycles. The third kappa shape index (κ3) is 7.51. The van der Waals surface area contributed by atoms with Crippen molar-refractivity contribution < 1.29 is 24.2 Å². The molecule has 1 atom stereocenters. The predicted octanol–water partition coefficient (Wildman–Crippen LogP) is 2.57. The molecule has 0 aromatic heterocycles. The van der Waals surface area contributed by atoms with Crippen molar-refractivity contribution in [1.29, 1.82) is 0 Å². The highest BCUT2D eigenvalue weighted by molar-refractivity contribution is 5.90. The molecule has 0 saturated heterocycles. The summed E-state index contributed by atoms with van der Waals surface area (Å²) in [5.74, 6) is -0.773. The molecule has 0 spiro atoms. The Bertz CT molecular complexity index is 557. The number of benzene rings is 1. The van der Waals surface area contributed by atoms with Crippen molar-refractivity contribution in [2.45, 2.75) is 38.7 Å². The summed E-state index contributed by atoms with van der Waals surface area (Å²) >= 11 is 0. The molecule has 1 aromatic rings. The average Bonchev–Trinajstić information content (AvgIpc) is 2.52. The molecule has 5 heteroatoms. The summed E-state index contributed by atoms with van der Waals surface area (Å²) < 4.78 is 5.03. The maximum absolute atomic E-state index is 11.8. The smallest absolute Gasteiger partial charge is 0.338 e. The molecule has 0 fully saturated rings. The second kappa shape index (κ2) is 9.69. The Morgan fingerprint density at radius 1 is 1.13 bits per heavy atom. The van der Waals surface area contributed by atoms with E-state index >= 15 is 0 Å². The van der Waals surface area contributed by atoms with Crippen molar-refractivity contribution in [1.82, 2.24) is 0 Å². The first kappa shape index (κ1) is 18.8. The minimum absolute atomic E-state index is 0.00846. The number of carbonyl (C=O) groups excluding carboxylic acids is 3. The second-order valence-corrected chi connectivity index (χ2v) is 5.34. The molecule has 1 N–H and O–H groups in total. The Kier molecular flexibility index (Phi) is 7.91. The van der Waals surface area contributed by atoms with Crippen LogP contribution in [0.4, 0.5) is 0 Å². The summed E-state index contributed by atoms with van der Waals surface area (Å²) in [5.41, 5.74) is 1.31. The van der Waals surface area contributed by atoms with E-state index in [9.17, 15) is 14.4 Å². The summed E-state index contributed by atoms with van der Waals surface area (Å²) in [7, 11) is 0. The number of aliphatic hydroxyl groups excluding tert-OH is 1. The molecule has 5 nitrogen and oxygen atoms in total. The van der Waals surface area contributed by atoms with Crippen molar-refractivity contribution in [3.63, 3.8) is 0 Å². The van der Waals surface area contributed by atoms with Crippen LogP contribution in [0, 0.1) is 0 Å². The number of esters is 1. The summed E-state index contributed by atoms with van der Waals surface area (Å²) in [6, 6.07) is 6.77. The van der Waals surface area contributed by atoms with Crippen LogP contribution in [0.5, 0.6) is 0 Å².